The summed E-state index contributed by atoms with van der Waals surface area (Å²) in [6, 6.07) is 8.99. The van der Waals surface area contributed by atoms with E-state index < -0.39 is 0 Å². The van der Waals surface area contributed by atoms with E-state index in [9.17, 15) is 0 Å². The second kappa shape index (κ2) is 6.50. The van der Waals surface area contributed by atoms with Gasteiger partial charge in [0.25, 0.3) is 0 Å². The van der Waals surface area contributed by atoms with Crippen LogP contribution in [0.5, 0.6) is 5.75 Å². The summed E-state index contributed by atoms with van der Waals surface area (Å²) in [4.78, 5) is 0. The zero-order valence-electron chi connectivity index (χ0n) is 10.6. The second-order valence-corrected chi connectivity index (χ2v) is 4.39. The molecule has 0 atom stereocenters. The number of anilines is 1. The Labute approximate surface area is 117 Å². The standard InChI is InChI=1S/C14H16ClNO3/c1-2-18-14-6-3-10(15)7-13(14)16-8-11-4-5-12(9-17)19-11/h3-7,16-17H,2,8-9H2,1H3. The molecule has 0 amide bonds. The molecule has 0 unspecified atom stereocenters. The van der Waals surface area contributed by atoms with Crippen LogP contribution in [-0.2, 0) is 13.2 Å². The molecule has 0 aliphatic carbocycles. The summed E-state index contributed by atoms with van der Waals surface area (Å²) in [7, 11) is 0. The number of hydrogen-bond donors (Lipinski definition) is 2. The maximum Gasteiger partial charge on any atom is 0.142 e. The largest absolute Gasteiger partial charge is 0.492 e. The minimum absolute atomic E-state index is 0.0959. The number of halogens is 1. The van der Waals surface area contributed by atoms with Gasteiger partial charge in [-0.1, -0.05) is 11.6 Å². The predicted octanol–water partition coefficient (Wildman–Crippen LogP) is 3.44. The molecule has 2 rings (SSSR count). The van der Waals surface area contributed by atoms with Gasteiger partial charge in [-0.05, 0) is 37.3 Å². The highest BCUT2D eigenvalue weighted by atomic mass is 35.5. The van der Waals surface area contributed by atoms with Crippen molar-refractivity contribution < 1.29 is 14.3 Å². The van der Waals surface area contributed by atoms with E-state index in [2.05, 4.69) is 5.32 Å². The molecule has 1 aromatic carbocycles. The third-order valence-electron chi connectivity index (χ3n) is 2.57. The summed E-state index contributed by atoms with van der Waals surface area (Å²) in [6.45, 7) is 2.92. The van der Waals surface area contributed by atoms with Crippen molar-refractivity contribution in [2.75, 3.05) is 11.9 Å². The van der Waals surface area contributed by atoms with E-state index >= 15 is 0 Å². The Morgan fingerprint density at radius 2 is 2.05 bits per heavy atom. The summed E-state index contributed by atoms with van der Waals surface area (Å²) in [5, 5.41) is 12.8. The molecule has 0 saturated carbocycles. The van der Waals surface area contributed by atoms with Gasteiger partial charge in [0, 0.05) is 5.02 Å². The van der Waals surface area contributed by atoms with E-state index in [0.29, 0.717) is 23.9 Å². The SMILES string of the molecule is CCOc1ccc(Cl)cc1NCc1ccc(CO)o1. The fourth-order valence-corrected chi connectivity index (χ4v) is 1.88. The van der Waals surface area contributed by atoms with Gasteiger partial charge in [0.05, 0.1) is 18.8 Å². The number of aliphatic hydroxyl groups excluding tert-OH is 1. The lowest BCUT2D eigenvalue weighted by molar-refractivity contribution is 0.244. The molecule has 0 saturated heterocycles. The van der Waals surface area contributed by atoms with E-state index in [-0.39, 0.29) is 6.61 Å². The molecule has 0 aliphatic heterocycles. The van der Waals surface area contributed by atoms with Crippen LogP contribution < -0.4 is 10.1 Å². The van der Waals surface area contributed by atoms with Crippen molar-refractivity contribution in [2.24, 2.45) is 0 Å². The Morgan fingerprint density at radius 3 is 2.74 bits per heavy atom. The average molecular weight is 282 g/mol. The Hall–Kier alpha value is -1.65. The van der Waals surface area contributed by atoms with Gasteiger partial charge in [0.1, 0.15) is 23.9 Å². The van der Waals surface area contributed by atoms with Gasteiger partial charge in [-0.15, -0.1) is 0 Å². The predicted molar refractivity (Wildman–Crippen MR) is 74.6 cm³/mol. The maximum absolute atomic E-state index is 8.94. The van der Waals surface area contributed by atoms with Crippen LogP contribution in [0, 0.1) is 0 Å². The van der Waals surface area contributed by atoms with Crippen LogP contribution in [-0.4, -0.2) is 11.7 Å². The second-order valence-electron chi connectivity index (χ2n) is 3.95. The lowest BCUT2D eigenvalue weighted by Crippen LogP contribution is -2.02. The fourth-order valence-electron chi connectivity index (χ4n) is 1.71. The number of benzene rings is 1. The number of nitrogens with one attached hydrogen (secondary N) is 1. The summed E-state index contributed by atoms with van der Waals surface area (Å²) < 4.78 is 10.9. The van der Waals surface area contributed by atoms with Gasteiger partial charge in [-0.25, -0.2) is 0 Å². The molecule has 2 N–H and O–H groups in total. The highest BCUT2D eigenvalue weighted by Gasteiger charge is 2.06. The molecule has 5 heteroatoms. The zero-order valence-corrected chi connectivity index (χ0v) is 11.4. The van der Waals surface area contributed by atoms with Gasteiger partial charge in [0.2, 0.25) is 0 Å². The van der Waals surface area contributed by atoms with Gasteiger partial charge < -0.3 is 19.6 Å². The molecule has 1 aromatic heterocycles. The van der Waals surface area contributed by atoms with Gasteiger partial charge in [-0.3, -0.25) is 0 Å². The first-order valence-electron chi connectivity index (χ1n) is 6.07. The molecular weight excluding hydrogens is 266 g/mol. The molecule has 0 spiro atoms. The molecule has 0 fully saturated rings. The van der Waals surface area contributed by atoms with Crippen molar-refractivity contribution in [1.29, 1.82) is 0 Å². The first kappa shape index (κ1) is 13.8. The van der Waals surface area contributed by atoms with E-state index in [4.69, 9.17) is 25.9 Å². The summed E-state index contributed by atoms with van der Waals surface area (Å²) >= 11 is 5.97. The van der Waals surface area contributed by atoms with Crippen LogP contribution >= 0.6 is 11.6 Å². The first-order valence-corrected chi connectivity index (χ1v) is 6.45. The number of ether oxygens (including phenoxy) is 1. The van der Waals surface area contributed by atoms with Crippen molar-refractivity contribution in [2.45, 2.75) is 20.1 Å². The van der Waals surface area contributed by atoms with Crippen LogP contribution in [0.4, 0.5) is 5.69 Å². The lowest BCUT2D eigenvalue weighted by atomic mass is 10.3. The number of furan rings is 1. The third kappa shape index (κ3) is 3.66. The summed E-state index contributed by atoms with van der Waals surface area (Å²) in [5.74, 6) is 2.04. The van der Waals surface area contributed by atoms with E-state index in [1.165, 1.54) is 0 Å². The highest BCUT2D eigenvalue weighted by Crippen LogP contribution is 2.28. The molecule has 2 aromatic rings. The van der Waals surface area contributed by atoms with Crippen LogP contribution in [0.3, 0.4) is 0 Å². The van der Waals surface area contributed by atoms with E-state index in [1.54, 1.807) is 12.1 Å². The molecular formula is C14H16ClNO3. The molecule has 4 nitrogen and oxygen atoms in total. The molecule has 0 aliphatic rings. The van der Waals surface area contributed by atoms with Crippen molar-refractivity contribution in [3.8, 4) is 5.75 Å². The normalized spacial score (nSPS) is 10.5. The fraction of sp³-hybridized carbons (Fsp3) is 0.286. The highest BCUT2D eigenvalue weighted by molar-refractivity contribution is 6.30. The number of hydrogen-bond acceptors (Lipinski definition) is 4. The quantitative estimate of drug-likeness (QED) is 0.852. The maximum atomic E-state index is 8.94. The zero-order chi connectivity index (χ0) is 13.7. The molecule has 19 heavy (non-hydrogen) atoms. The molecule has 1 heterocycles. The van der Waals surface area contributed by atoms with Crippen molar-refractivity contribution >= 4 is 17.3 Å². The monoisotopic (exact) mass is 281 g/mol. The van der Waals surface area contributed by atoms with Crippen LogP contribution in [0.25, 0.3) is 0 Å². The summed E-state index contributed by atoms with van der Waals surface area (Å²) in [5.41, 5.74) is 0.816. The van der Waals surface area contributed by atoms with E-state index in [0.717, 1.165) is 17.2 Å². The van der Waals surface area contributed by atoms with Crippen LogP contribution in [0.15, 0.2) is 34.7 Å². The van der Waals surface area contributed by atoms with Crippen molar-refractivity contribution in [3.63, 3.8) is 0 Å². The average Bonchev–Trinajstić information content (AvgIpc) is 2.87. The van der Waals surface area contributed by atoms with Crippen molar-refractivity contribution in [1.82, 2.24) is 0 Å². The number of rotatable bonds is 6. The minimum atomic E-state index is -0.0959. The minimum Gasteiger partial charge on any atom is -0.492 e. The molecule has 0 bridgehead atoms. The summed E-state index contributed by atoms with van der Waals surface area (Å²) in [6.07, 6.45) is 0. The Balaban J connectivity index is 2.07. The lowest BCUT2D eigenvalue weighted by Gasteiger charge is -2.11. The Kier molecular flexibility index (Phi) is 4.71. The molecule has 102 valence electrons. The van der Waals surface area contributed by atoms with Gasteiger partial charge in [-0.2, -0.15) is 0 Å². The third-order valence-corrected chi connectivity index (χ3v) is 2.80. The van der Waals surface area contributed by atoms with Crippen LogP contribution in [0.2, 0.25) is 5.02 Å². The van der Waals surface area contributed by atoms with Crippen molar-refractivity contribution in [3.05, 3.63) is 46.9 Å². The molecule has 0 radical (unpaired) electrons. The van der Waals surface area contributed by atoms with Crippen LogP contribution in [0.1, 0.15) is 18.4 Å². The van der Waals surface area contributed by atoms with E-state index in [1.807, 2.05) is 25.1 Å². The first-order chi connectivity index (χ1) is 9.22. The Morgan fingerprint density at radius 1 is 1.26 bits per heavy atom. The smallest absolute Gasteiger partial charge is 0.142 e. The topological polar surface area (TPSA) is 54.6 Å². The number of aliphatic hydroxyl groups is 1. The van der Waals surface area contributed by atoms with Gasteiger partial charge in [0.15, 0.2) is 0 Å². The van der Waals surface area contributed by atoms with Gasteiger partial charge >= 0.3 is 0 Å². The Bertz CT molecular complexity index is 539.